The van der Waals surface area contributed by atoms with Gasteiger partial charge in [-0.15, -0.1) is 0 Å². The average molecular weight is 396 g/mol. The van der Waals surface area contributed by atoms with Crippen LogP contribution >= 0.6 is 0 Å². The van der Waals surface area contributed by atoms with Gasteiger partial charge in [-0.05, 0) is 48.4 Å². The molecule has 0 N–H and O–H groups in total. The zero-order chi connectivity index (χ0) is 20.8. The minimum absolute atomic E-state index is 0.150. The molecule has 146 valence electrons. The highest BCUT2D eigenvalue weighted by atomic mass is 19.1. The van der Waals surface area contributed by atoms with Crippen LogP contribution in [0.1, 0.15) is 28.6 Å². The molecule has 5 rings (SSSR count). The van der Waals surface area contributed by atoms with Gasteiger partial charge < -0.3 is 9.15 Å². The summed E-state index contributed by atoms with van der Waals surface area (Å²) in [6.07, 6.45) is 1.87. The van der Waals surface area contributed by atoms with Crippen molar-refractivity contribution >= 4 is 22.3 Å². The summed E-state index contributed by atoms with van der Waals surface area (Å²) in [4.78, 5) is 13.3. The van der Waals surface area contributed by atoms with E-state index in [9.17, 15) is 9.18 Å². The number of carbonyl (C=O) groups is 1. The van der Waals surface area contributed by atoms with Crippen molar-refractivity contribution in [1.82, 2.24) is 0 Å². The molecule has 1 aliphatic heterocycles. The summed E-state index contributed by atoms with van der Waals surface area (Å²) in [5.41, 5.74) is 4.11. The molecule has 3 aromatic carbocycles. The van der Waals surface area contributed by atoms with Crippen molar-refractivity contribution in [2.45, 2.75) is 6.92 Å². The normalized spacial score (nSPS) is 13.0. The summed E-state index contributed by atoms with van der Waals surface area (Å²) < 4.78 is 25.8. The number of halogens is 1. The van der Waals surface area contributed by atoms with Crippen LogP contribution in [0.5, 0.6) is 5.75 Å². The van der Waals surface area contributed by atoms with Gasteiger partial charge >= 0.3 is 0 Å². The van der Waals surface area contributed by atoms with Gasteiger partial charge in [0.15, 0.2) is 5.76 Å². The molecule has 3 nitrogen and oxygen atoms in total. The smallest absolute Gasteiger partial charge is 0.228 e. The van der Waals surface area contributed by atoms with Gasteiger partial charge in [0, 0.05) is 16.7 Å². The Bertz CT molecular complexity index is 1360. The highest BCUT2D eigenvalue weighted by Crippen LogP contribution is 2.46. The van der Waals surface area contributed by atoms with E-state index < -0.39 is 5.82 Å². The topological polar surface area (TPSA) is 39.4 Å². The van der Waals surface area contributed by atoms with Crippen LogP contribution in [0.4, 0.5) is 4.39 Å². The zero-order valence-corrected chi connectivity index (χ0v) is 16.2. The molecule has 0 spiro atoms. The lowest BCUT2D eigenvalue weighted by Gasteiger charge is -2.18. The Balaban J connectivity index is 1.84. The molecule has 0 saturated heterocycles. The summed E-state index contributed by atoms with van der Waals surface area (Å²) >= 11 is 0. The molecule has 0 saturated carbocycles. The number of hydrogen-bond acceptors (Lipinski definition) is 3. The van der Waals surface area contributed by atoms with E-state index in [1.165, 1.54) is 18.2 Å². The molecular formula is C26H17FO3. The van der Waals surface area contributed by atoms with Gasteiger partial charge in [-0.2, -0.15) is 0 Å². The summed E-state index contributed by atoms with van der Waals surface area (Å²) in [6, 6.07) is 18.9. The van der Waals surface area contributed by atoms with Gasteiger partial charge in [0.25, 0.3) is 0 Å². The second-order valence-electron chi connectivity index (χ2n) is 7.22. The number of fused-ring (bicyclic) bond motifs is 3. The molecule has 4 heteroatoms. The SMILES string of the molecule is C=C1C=C(C)c2ccc3oc(C(=O)c4cccc(F)c4)c(-c4ccccc4)c3c2O1. The number of benzene rings is 3. The van der Waals surface area contributed by atoms with E-state index in [2.05, 4.69) is 6.58 Å². The average Bonchev–Trinajstić information content (AvgIpc) is 3.14. The molecule has 0 bridgehead atoms. The maximum atomic E-state index is 13.8. The van der Waals surface area contributed by atoms with E-state index in [1.54, 1.807) is 6.07 Å². The van der Waals surface area contributed by atoms with Gasteiger partial charge in [0.2, 0.25) is 5.78 Å². The molecule has 0 radical (unpaired) electrons. The molecule has 1 aliphatic rings. The molecule has 0 atom stereocenters. The van der Waals surface area contributed by atoms with E-state index >= 15 is 0 Å². The Kier molecular flexibility index (Phi) is 4.14. The number of furan rings is 1. The standard InChI is InChI=1S/C26H17FO3/c1-15-13-16(2)29-25-20(15)11-12-21-23(25)22(17-7-4-3-5-8-17)26(30-21)24(28)18-9-6-10-19(27)14-18/h3-14H,2H2,1H3. The molecule has 0 amide bonds. The summed E-state index contributed by atoms with van der Waals surface area (Å²) in [7, 11) is 0. The Morgan fingerprint density at radius 1 is 1.00 bits per heavy atom. The van der Waals surface area contributed by atoms with E-state index in [0.29, 0.717) is 28.0 Å². The summed E-state index contributed by atoms with van der Waals surface area (Å²) in [5.74, 6) is 0.414. The van der Waals surface area contributed by atoms with Gasteiger partial charge in [0.1, 0.15) is 22.9 Å². The van der Waals surface area contributed by atoms with Gasteiger partial charge in [-0.1, -0.05) is 49.0 Å². The first-order valence-corrected chi connectivity index (χ1v) is 9.53. The minimum atomic E-state index is -0.476. The third kappa shape index (κ3) is 2.85. The van der Waals surface area contributed by atoms with Crippen molar-refractivity contribution in [2.75, 3.05) is 0 Å². The first-order chi connectivity index (χ1) is 14.5. The highest BCUT2D eigenvalue weighted by molar-refractivity contribution is 6.17. The van der Waals surface area contributed by atoms with E-state index in [4.69, 9.17) is 9.15 Å². The fourth-order valence-electron chi connectivity index (χ4n) is 3.86. The first-order valence-electron chi connectivity index (χ1n) is 9.53. The molecule has 0 fully saturated rings. The van der Waals surface area contributed by atoms with E-state index in [1.807, 2.05) is 55.5 Å². The summed E-state index contributed by atoms with van der Waals surface area (Å²) in [5, 5.41) is 0.701. The van der Waals surface area contributed by atoms with Crippen LogP contribution in [0.3, 0.4) is 0 Å². The Morgan fingerprint density at radius 2 is 1.80 bits per heavy atom. The number of hydrogen-bond donors (Lipinski definition) is 0. The number of carbonyl (C=O) groups excluding carboxylic acids is 1. The fraction of sp³-hybridized carbons (Fsp3) is 0.0385. The lowest BCUT2D eigenvalue weighted by Crippen LogP contribution is -2.03. The molecular weight excluding hydrogens is 379 g/mol. The quantitative estimate of drug-likeness (QED) is 0.358. The van der Waals surface area contributed by atoms with Crippen LogP contribution in [-0.4, -0.2) is 5.78 Å². The second kappa shape index (κ2) is 6.85. The van der Waals surface area contributed by atoms with Gasteiger partial charge in [-0.3, -0.25) is 4.79 Å². The number of ether oxygens (including phenoxy) is 1. The number of allylic oxidation sites excluding steroid dienone is 2. The third-order valence-electron chi connectivity index (χ3n) is 5.20. The first kappa shape index (κ1) is 18.1. The van der Waals surface area contributed by atoms with Crippen LogP contribution in [0.25, 0.3) is 27.7 Å². The monoisotopic (exact) mass is 396 g/mol. The largest absolute Gasteiger partial charge is 0.457 e. The Hall–Kier alpha value is -3.92. The predicted molar refractivity (Wildman–Crippen MR) is 115 cm³/mol. The van der Waals surface area contributed by atoms with Gasteiger partial charge in [-0.25, -0.2) is 4.39 Å². The third-order valence-corrected chi connectivity index (χ3v) is 5.20. The number of ketones is 1. The van der Waals surface area contributed by atoms with E-state index in [0.717, 1.165) is 16.7 Å². The minimum Gasteiger partial charge on any atom is -0.457 e. The lowest BCUT2D eigenvalue weighted by atomic mass is 9.94. The predicted octanol–water partition coefficient (Wildman–Crippen LogP) is 6.78. The van der Waals surface area contributed by atoms with Crippen molar-refractivity contribution in [1.29, 1.82) is 0 Å². The number of rotatable bonds is 3. The maximum Gasteiger partial charge on any atom is 0.228 e. The van der Waals surface area contributed by atoms with Crippen molar-refractivity contribution in [3.8, 4) is 16.9 Å². The Labute approximate surface area is 172 Å². The van der Waals surface area contributed by atoms with Gasteiger partial charge in [0.05, 0.1) is 5.39 Å². The van der Waals surface area contributed by atoms with Crippen LogP contribution in [0, 0.1) is 5.82 Å². The maximum absolute atomic E-state index is 13.8. The Morgan fingerprint density at radius 3 is 2.57 bits per heavy atom. The van der Waals surface area contributed by atoms with Crippen LogP contribution in [0.2, 0.25) is 0 Å². The second-order valence-corrected chi connectivity index (χ2v) is 7.22. The van der Waals surface area contributed by atoms with Crippen LogP contribution < -0.4 is 4.74 Å². The lowest BCUT2D eigenvalue weighted by molar-refractivity contribution is 0.101. The van der Waals surface area contributed by atoms with Crippen molar-refractivity contribution in [3.63, 3.8) is 0 Å². The zero-order valence-electron chi connectivity index (χ0n) is 16.2. The molecule has 0 unspecified atom stereocenters. The van der Waals surface area contributed by atoms with Crippen molar-refractivity contribution in [3.05, 3.63) is 108 Å². The van der Waals surface area contributed by atoms with Crippen LogP contribution in [-0.2, 0) is 0 Å². The van der Waals surface area contributed by atoms with Crippen molar-refractivity contribution in [2.24, 2.45) is 0 Å². The van der Waals surface area contributed by atoms with Crippen LogP contribution in [0.15, 0.2) is 89.6 Å². The van der Waals surface area contributed by atoms with E-state index in [-0.39, 0.29) is 17.1 Å². The fourth-order valence-corrected chi connectivity index (χ4v) is 3.86. The molecule has 30 heavy (non-hydrogen) atoms. The molecule has 4 aromatic rings. The highest BCUT2D eigenvalue weighted by Gasteiger charge is 2.28. The molecule has 0 aliphatic carbocycles. The molecule has 1 aromatic heterocycles. The summed E-state index contributed by atoms with van der Waals surface area (Å²) in [6.45, 7) is 5.92. The molecule has 2 heterocycles. The van der Waals surface area contributed by atoms with Crippen molar-refractivity contribution < 1.29 is 18.3 Å².